The van der Waals surface area contributed by atoms with Gasteiger partial charge in [-0.25, -0.2) is 4.98 Å². The Bertz CT molecular complexity index is 1220. The molecule has 1 fully saturated rings. The number of piperazine rings is 1. The molecule has 3 heterocycles. The Kier molecular flexibility index (Phi) is 6.29. The molecule has 0 aliphatic carbocycles. The summed E-state index contributed by atoms with van der Waals surface area (Å²) < 4.78 is 0. The van der Waals surface area contributed by atoms with Crippen molar-refractivity contribution in [2.45, 2.75) is 19.9 Å². The molecule has 33 heavy (non-hydrogen) atoms. The van der Waals surface area contributed by atoms with Crippen molar-refractivity contribution in [2.75, 3.05) is 36.4 Å². The topological polar surface area (TPSA) is 125 Å². The molecule has 0 saturated carbocycles. The van der Waals surface area contributed by atoms with Crippen LogP contribution in [0.2, 0.25) is 0 Å². The predicted octanol–water partition coefficient (Wildman–Crippen LogP) is 2.98. The molecule has 9 nitrogen and oxygen atoms in total. The van der Waals surface area contributed by atoms with Gasteiger partial charge in [-0.3, -0.25) is 14.5 Å². The molecule has 0 radical (unpaired) electrons. The summed E-state index contributed by atoms with van der Waals surface area (Å²) in [5, 5.41) is 23.1. The van der Waals surface area contributed by atoms with Crippen LogP contribution in [0.3, 0.4) is 0 Å². The van der Waals surface area contributed by atoms with E-state index in [1.54, 1.807) is 30.6 Å². The van der Waals surface area contributed by atoms with Crippen LogP contribution in [0.15, 0.2) is 42.7 Å². The lowest BCUT2D eigenvalue weighted by Crippen LogP contribution is -2.49. The van der Waals surface area contributed by atoms with Gasteiger partial charge < -0.3 is 20.3 Å². The van der Waals surface area contributed by atoms with E-state index < -0.39 is 12.0 Å². The van der Waals surface area contributed by atoms with Gasteiger partial charge in [0, 0.05) is 66.6 Å². The third kappa shape index (κ3) is 4.52. The van der Waals surface area contributed by atoms with Gasteiger partial charge in [0.05, 0.1) is 5.56 Å². The molecule has 3 aromatic rings. The molecule has 1 aliphatic rings. The second kappa shape index (κ2) is 9.30. The van der Waals surface area contributed by atoms with Crippen molar-refractivity contribution in [3.8, 4) is 6.07 Å². The highest BCUT2D eigenvalue weighted by molar-refractivity contribution is 5.96. The van der Waals surface area contributed by atoms with Crippen LogP contribution in [-0.4, -0.2) is 58.0 Å². The number of nitriles is 1. The number of hydrogen-bond donors (Lipinski definition) is 3. The number of aliphatic carboxylic acids is 1. The lowest BCUT2D eigenvalue weighted by molar-refractivity contribution is -0.143. The summed E-state index contributed by atoms with van der Waals surface area (Å²) in [6.45, 7) is 5.78. The maximum Gasteiger partial charge on any atom is 0.325 e. The third-order valence-corrected chi connectivity index (χ3v) is 5.92. The van der Waals surface area contributed by atoms with Gasteiger partial charge in [-0.2, -0.15) is 5.26 Å². The number of benzene rings is 1. The van der Waals surface area contributed by atoms with Gasteiger partial charge in [-0.15, -0.1) is 0 Å². The number of aromatic nitrogens is 2. The molecule has 9 heteroatoms. The standard InChI is InChI=1S/C24H26N6O3/c1-15(2)23(31)28-17-5-6-20-18(12-17)19(14-27-20)21(24(32)33)29-8-10-30(11-9-29)22-16(13-25)4-3-7-26-22/h3-7,12,14-15,21,27H,8-11H2,1-2H3,(H,28,31)(H,32,33)/t21-/m0/s1. The Morgan fingerprint density at radius 1 is 1.21 bits per heavy atom. The van der Waals surface area contributed by atoms with Gasteiger partial charge in [0.25, 0.3) is 0 Å². The number of aromatic amines is 1. The number of H-pyrrole nitrogens is 1. The minimum Gasteiger partial charge on any atom is -0.480 e. The molecular weight excluding hydrogens is 420 g/mol. The Morgan fingerprint density at radius 2 is 1.97 bits per heavy atom. The normalized spacial score (nSPS) is 15.4. The van der Waals surface area contributed by atoms with Crippen molar-refractivity contribution >= 4 is 34.3 Å². The summed E-state index contributed by atoms with van der Waals surface area (Å²) in [6.07, 6.45) is 3.39. The van der Waals surface area contributed by atoms with Crippen molar-refractivity contribution in [3.63, 3.8) is 0 Å². The lowest BCUT2D eigenvalue weighted by atomic mass is 10.0. The van der Waals surface area contributed by atoms with Crippen LogP contribution in [0.25, 0.3) is 10.9 Å². The van der Waals surface area contributed by atoms with Crippen LogP contribution in [0.4, 0.5) is 11.5 Å². The van der Waals surface area contributed by atoms with Gasteiger partial charge in [0.1, 0.15) is 17.9 Å². The van der Waals surface area contributed by atoms with E-state index in [0.29, 0.717) is 48.8 Å². The van der Waals surface area contributed by atoms with E-state index in [1.165, 1.54) is 0 Å². The average Bonchev–Trinajstić information content (AvgIpc) is 3.22. The molecule has 1 saturated heterocycles. The number of carboxylic acid groups (broad SMARTS) is 1. The summed E-state index contributed by atoms with van der Waals surface area (Å²) >= 11 is 0. The first-order valence-electron chi connectivity index (χ1n) is 10.9. The number of hydrogen-bond acceptors (Lipinski definition) is 6. The molecule has 3 N–H and O–H groups in total. The first-order chi connectivity index (χ1) is 15.9. The van der Waals surface area contributed by atoms with E-state index in [-0.39, 0.29) is 11.8 Å². The number of carbonyl (C=O) groups is 2. The summed E-state index contributed by atoms with van der Waals surface area (Å²) in [6, 6.07) is 10.3. The number of nitrogens with zero attached hydrogens (tertiary/aromatic N) is 4. The van der Waals surface area contributed by atoms with Crippen LogP contribution in [0, 0.1) is 17.2 Å². The first kappa shape index (κ1) is 22.3. The van der Waals surface area contributed by atoms with Crippen LogP contribution in [0.1, 0.15) is 31.0 Å². The van der Waals surface area contributed by atoms with Crippen LogP contribution >= 0.6 is 0 Å². The number of pyridine rings is 1. The Hall–Kier alpha value is -3.90. The van der Waals surface area contributed by atoms with Gasteiger partial charge >= 0.3 is 5.97 Å². The fraction of sp³-hybridized carbons (Fsp3) is 0.333. The lowest BCUT2D eigenvalue weighted by Gasteiger charge is -2.38. The highest BCUT2D eigenvalue weighted by atomic mass is 16.4. The second-order valence-electron chi connectivity index (χ2n) is 8.40. The number of amides is 1. The monoisotopic (exact) mass is 446 g/mol. The molecule has 1 aliphatic heterocycles. The number of carboxylic acids is 1. The summed E-state index contributed by atoms with van der Waals surface area (Å²) in [5.41, 5.74) is 2.61. The number of rotatable bonds is 6. The largest absolute Gasteiger partial charge is 0.480 e. The maximum atomic E-state index is 12.4. The molecule has 2 aromatic heterocycles. The van der Waals surface area contributed by atoms with Gasteiger partial charge in [-0.05, 0) is 30.3 Å². The number of carbonyl (C=O) groups excluding carboxylic acids is 1. The highest BCUT2D eigenvalue weighted by Gasteiger charge is 2.33. The van der Waals surface area contributed by atoms with E-state index in [9.17, 15) is 20.0 Å². The molecule has 0 unspecified atom stereocenters. The van der Waals surface area contributed by atoms with Crippen molar-refractivity contribution < 1.29 is 14.7 Å². The zero-order chi connectivity index (χ0) is 23.5. The van der Waals surface area contributed by atoms with Crippen LogP contribution in [0.5, 0.6) is 0 Å². The van der Waals surface area contributed by atoms with Gasteiger partial charge in [0.15, 0.2) is 0 Å². The fourth-order valence-corrected chi connectivity index (χ4v) is 4.15. The van der Waals surface area contributed by atoms with Crippen molar-refractivity contribution in [1.82, 2.24) is 14.9 Å². The summed E-state index contributed by atoms with van der Waals surface area (Å²) in [4.78, 5) is 35.9. The molecule has 0 bridgehead atoms. The second-order valence-corrected chi connectivity index (χ2v) is 8.40. The minimum absolute atomic E-state index is 0.0939. The minimum atomic E-state index is -0.934. The average molecular weight is 447 g/mol. The molecule has 4 rings (SSSR count). The molecule has 1 amide bonds. The number of anilines is 2. The molecule has 1 aromatic carbocycles. The molecule has 170 valence electrons. The van der Waals surface area contributed by atoms with Gasteiger partial charge in [-0.1, -0.05) is 13.8 Å². The Labute approximate surface area is 191 Å². The van der Waals surface area contributed by atoms with E-state index in [4.69, 9.17) is 0 Å². The maximum absolute atomic E-state index is 12.4. The Balaban J connectivity index is 1.57. The third-order valence-electron chi connectivity index (χ3n) is 5.92. The summed E-state index contributed by atoms with van der Waals surface area (Å²) in [5.74, 6) is -0.556. The number of nitrogens with one attached hydrogen (secondary N) is 2. The van der Waals surface area contributed by atoms with Crippen LogP contribution in [-0.2, 0) is 9.59 Å². The molecule has 1 atom stereocenters. The van der Waals surface area contributed by atoms with E-state index >= 15 is 0 Å². The smallest absolute Gasteiger partial charge is 0.325 e. The van der Waals surface area contributed by atoms with Crippen molar-refractivity contribution in [3.05, 3.63) is 53.9 Å². The highest BCUT2D eigenvalue weighted by Crippen LogP contribution is 2.32. The van der Waals surface area contributed by atoms with Crippen molar-refractivity contribution in [1.29, 1.82) is 5.26 Å². The Morgan fingerprint density at radius 3 is 2.64 bits per heavy atom. The number of fused-ring (bicyclic) bond motifs is 1. The molecular formula is C24H26N6O3. The van der Waals surface area contributed by atoms with E-state index in [2.05, 4.69) is 21.4 Å². The van der Waals surface area contributed by atoms with E-state index in [1.807, 2.05) is 35.8 Å². The first-order valence-corrected chi connectivity index (χ1v) is 10.9. The zero-order valence-electron chi connectivity index (χ0n) is 18.6. The SMILES string of the molecule is CC(C)C(=O)Nc1ccc2[nH]cc([C@@H](C(=O)O)N3CCN(c4ncccc4C#N)CC3)c2c1. The van der Waals surface area contributed by atoms with Gasteiger partial charge in [0.2, 0.25) is 5.91 Å². The molecule has 0 spiro atoms. The quantitative estimate of drug-likeness (QED) is 0.531. The summed E-state index contributed by atoms with van der Waals surface area (Å²) in [7, 11) is 0. The van der Waals surface area contributed by atoms with E-state index in [0.717, 1.165) is 10.9 Å². The predicted molar refractivity (Wildman–Crippen MR) is 125 cm³/mol. The van der Waals surface area contributed by atoms with Crippen LogP contribution < -0.4 is 10.2 Å². The van der Waals surface area contributed by atoms with Crippen molar-refractivity contribution in [2.24, 2.45) is 5.92 Å². The fourth-order valence-electron chi connectivity index (χ4n) is 4.15. The zero-order valence-corrected chi connectivity index (χ0v) is 18.6.